The highest BCUT2D eigenvalue weighted by molar-refractivity contribution is 9.10. The predicted octanol–water partition coefficient (Wildman–Crippen LogP) is 4.19. The quantitative estimate of drug-likeness (QED) is 0.455. The number of hydrogen-bond acceptors (Lipinski definition) is 5. The molecule has 2 aromatic carbocycles. The van der Waals surface area contributed by atoms with Crippen LogP contribution in [0, 0.1) is 0 Å². The first-order valence-corrected chi connectivity index (χ1v) is 10.8. The normalized spacial score (nSPS) is 11.8. The number of aromatic nitrogens is 1. The molecule has 0 radical (unpaired) electrons. The summed E-state index contributed by atoms with van der Waals surface area (Å²) in [5.74, 6) is 1.06. The number of hydrogen-bond donors (Lipinski definition) is 0. The molecule has 0 atom stereocenters. The van der Waals surface area contributed by atoms with Crippen LogP contribution in [0.2, 0.25) is 0 Å². The largest absolute Gasteiger partial charge is 0.497 e. The molecule has 3 aromatic rings. The van der Waals surface area contributed by atoms with Gasteiger partial charge in [-0.3, -0.25) is 4.79 Å². The molecular weight excluding hydrogens is 456 g/mol. The molecule has 3 rings (SSSR count). The smallest absolute Gasteiger partial charge is 0.252 e. The fourth-order valence-corrected chi connectivity index (χ4v) is 4.58. The van der Waals surface area contributed by atoms with Gasteiger partial charge in [0.2, 0.25) is 0 Å². The van der Waals surface area contributed by atoms with Gasteiger partial charge in [0, 0.05) is 29.3 Å². The Kier molecular flexibility index (Phi) is 7.46. The second kappa shape index (κ2) is 10.0. The maximum atomic E-state index is 12.7. The number of thiazole rings is 1. The maximum Gasteiger partial charge on any atom is 0.252 e. The molecule has 0 saturated carbocycles. The van der Waals surface area contributed by atoms with E-state index in [1.54, 1.807) is 20.3 Å². The summed E-state index contributed by atoms with van der Waals surface area (Å²) in [7, 11) is 3.17. The van der Waals surface area contributed by atoms with Gasteiger partial charge in [-0.05, 0) is 31.2 Å². The lowest BCUT2D eigenvalue weighted by atomic mass is 10.1. The molecule has 0 unspecified atom stereocenters. The molecule has 0 bridgehead atoms. The molecule has 0 aliphatic rings. The Morgan fingerprint density at radius 3 is 2.72 bits per heavy atom. The number of methoxy groups -OCH3 is 2. The average Bonchev–Trinajstić information content (AvgIpc) is 3.04. The van der Waals surface area contributed by atoms with Crippen molar-refractivity contribution in [2.45, 2.75) is 19.9 Å². The number of rotatable bonds is 8. The molecule has 154 valence electrons. The first-order valence-electron chi connectivity index (χ1n) is 9.20. The number of halogens is 1. The van der Waals surface area contributed by atoms with E-state index in [1.807, 2.05) is 41.8 Å². The fraction of sp³-hybridized carbons (Fsp3) is 0.333. The molecule has 0 N–H and O–H groups in total. The highest BCUT2D eigenvalue weighted by Gasteiger charge is 2.12. The minimum Gasteiger partial charge on any atom is -0.497 e. The number of carbonyl (C=O) groups is 1. The van der Waals surface area contributed by atoms with Crippen LogP contribution in [-0.4, -0.2) is 37.9 Å². The van der Waals surface area contributed by atoms with E-state index in [9.17, 15) is 4.79 Å². The first-order chi connectivity index (χ1) is 14.0. The van der Waals surface area contributed by atoms with Crippen molar-refractivity contribution in [1.29, 1.82) is 0 Å². The fourth-order valence-electron chi connectivity index (χ4n) is 2.96. The zero-order valence-electron chi connectivity index (χ0n) is 16.6. The highest BCUT2D eigenvalue weighted by Crippen LogP contribution is 2.25. The van der Waals surface area contributed by atoms with E-state index < -0.39 is 0 Å². The van der Waals surface area contributed by atoms with Gasteiger partial charge in [-0.25, -0.2) is 0 Å². The number of fused-ring (bicyclic) bond motifs is 1. The molecule has 0 aliphatic carbocycles. The summed E-state index contributed by atoms with van der Waals surface area (Å²) in [6.07, 6.45) is 0.149. The summed E-state index contributed by atoms with van der Waals surface area (Å²) in [4.78, 5) is 17.8. The zero-order chi connectivity index (χ0) is 20.8. The van der Waals surface area contributed by atoms with Crippen molar-refractivity contribution in [2.75, 3.05) is 27.4 Å². The lowest BCUT2D eigenvalue weighted by Crippen LogP contribution is -2.20. The van der Waals surface area contributed by atoms with Crippen molar-refractivity contribution in [3.63, 3.8) is 0 Å². The molecule has 1 aromatic heterocycles. The van der Waals surface area contributed by atoms with Crippen molar-refractivity contribution < 1.29 is 19.0 Å². The number of carbonyl (C=O) groups excluding carboxylic acids is 1. The second-order valence-corrected chi connectivity index (χ2v) is 8.13. The van der Waals surface area contributed by atoms with Crippen molar-refractivity contribution in [3.8, 4) is 11.5 Å². The average molecular weight is 479 g/mol. The molecule has 0 aliphatic heterocycles. The van der Waals surface area contributed by atoms with E-state index >= 15 is 0 Å². The van der Waals surface area contributed by atoms with Gasteiger partial charge in [0.25, 0.3) is 5.91 Å². The lowest BCUT2D eigenvalue weighted by molar-refractivity contribution is -0.117. The van der Waals surface area contributed by atoms with E-state index in [0.29, 0.717) is 36.1 Å². The van der Waals surface area contributed by atoms with Gasteiger partial charge < -0.3 is 18.8 Å². The third kappa shape index (κ3) is 5.26. The van der Waals surface area contributed by atoms with Gasteiger partial charge >= 0.3 is 0 Å². The minimum absolute atomic E-state index is 0.149. The van der Waals surface area contributed by atoms with Crippen LogP contribution in [0.15, 0.2) is 45.9 Å². The molecule has 0 fully saturated rings. The predicted molar refractivity (Wildman–Crippen MR) is 118 cm³/mol. The molecule has 1 heterocycles. The minimum atomic E-state index is -0.232. The summed E-state index contributed by atoms with van der Waals surface area (Å²) in [5, 5.41) is 0. The van der Waals surface area contributed by atoms with E-state index in [1.165, 1.54) is 11.3 Å². The SMILES string of the molecule is CCOCCn1c(=NC(=O)Cc2ccc(OC)cc2OC)sc2cc(Br)ccc21. The Balaban J connectivity index is 1.94. The molecule has 1 amide bonds. The molecule has 0 saturated heterocycles. The van der Waals surface area contributed by atoms with Crippen LogP contribution in [0.1, 0.15) is 12.5 Å². The van der Waals surface area contributed by atoms with Gasteiger partial charge in [0.05, 0.1) is 37.5 Å². The summed E-state index contributed by atoms with van der Waals surface area (Å²) in [6.45, 7) is 3.81. The molecule has 8 heteroatoms. The zero-order valence-corrected chi connectivity index (χ0v) is 19.0. The van der Waals surface area contributed by atoms with Gasteiger partial charge in [0.15, 0.2) is 4.80 Å². The third-order valence-corrected chi connectivity index (χ3v) is 5.90. The topological polar surface area (TPSA) is 62.1 Å². The van der Waals surface area contributed by atoms with Crippen LogP contribution >= 0.6 is 27.3 Å². The first kappa shape index (κ1) is 21.5. The molecule has 0 spiro atoms. The van der Waals surface area contributed by atoms with E-state index in [0.717, 1.165) is 20.3 Å². The Morgan fingerprint density at radius 2 is 2.00 bits per heavy atom. The summed E-state index contributed by atoms with van der Waals surface area (Å²) in [6, 6.07) is 11.5. The van der Waals surface area contributed by atoms with Crippen molar-refractivity contribution >= 4 is 43.4 Å². The number of benzene rings is 2. The molecule has 6 nitrogen and oxygen atoms in total. The Hall–Kier alpha value is -2.16. The van der Waals surface area contributed by atoms with E-state index in [2.05, 4.69) is 20.9 Å². The van der Waals surface area contributed by atoms with Gasteiger partial charge in [-0.15, -0.1) is 0 Å². The van der Waals surface area contributed by atoms with Crippen molar-refractivity contribution in [3.05, 3.63) is 51.2 Å². The van der Waals surface area contributed by atoms with Crippen molar-refractivity contribution in [1.82, 2.24) is 4.57 Å². The Morgan fingerprint density at radius 1 is 1.17 bits per heavy atom. The lowest BCUT2D eigenvalue weighted by Gasteiger charge is -2.09. The van der Waals surface area contributed by atoms with Gasteiger partial charge in [0.1, 0.15) is 11.5 Å². The van der Waals surface area contributed by atoms with Crippen LogP contribution in [0.25, 0.3) is 10.2 Å². The van der Waals surface area contributed by atoms with Crippen LogP contribution in [0.4, 0.5) is 0 Å². The molecular formula is C21H23BrN2O4S. The van der Waals surface area contributed by atoms with Crippen LogP contribution < -0.4 is 14.3 Å². The number of nitrogens with zero attached hydrogens (tertiary/aromatic N) is 2. The third-order valence-electron chi connectivity index (χ3n) is 4.36. The molecule has 29 heavy (non-hydrogen) atoms. The number of ether oxygens (including phenoxy) is 3. The summed E-state index contributed by atoms with van der Waals surface area (Å²) >= 11 is 4.99. The standard InChI is InChI=1S/C21H23BrN2O4S/c1-4-28-10-9-24-17-8-6-15(22)12-19(17)29-21(24)23-20(25)11-14-5-7-16(26-2)13-18(14)27-3/h5-8,12-13H,4,9-11H2,1-3H3. The van der Waals surface area contributed by atoms with Crippen molar-refractivity contribution in [2.24, 2.45) is 4.99 Å². The Bertz CT molecular complexity index is 1070. The van der Waals surface area contributed by atoms with Crippen LogP contribution in [0.5, 0.6) is 11.5 Å². The highest BCUT2D eigenvalue weighted by atomic mass is 79.9. The van der Waals surface area contributed by atoms with E-state index in [-0.39, 0.29) is 12.3 Å². The monoisotopic (exact) mass is 478 g/mol. The van der Waals surface area contributed by atoms with Gasteiger partial charge in [-0.2, -0.15) is 4.99 Å². The summed E-state index contributed by atoms with van der Waals surface area (Å²) in [5.41, 5.74) is 1.80. The van der Waals surface area contributed by atoms with Crippen LogP contribution in [-0.2, 0) is 22.5 Å². The maximum absolute atomic E-state index is 12.7. The van der Waals surface area contributed by atoms with E-state index in [4.69, 9.17) is 14.2 Å². The second-order valence-electron chi connectivity index (χ2n) is 6.21. The Labute approximate surface area is 181 Å². The summed E-state index contributed by atoms with van der Waals surface area (Å²) < 4.78 is 20.2. The van der Waals surface area contributed by atoms with Gasteiger partial charge in [-0.1, -0.05) is 33.3 Å². The number of amides is 1. The van der Waals surface area contributed by atoms with Crippen LogP contribution in [0.3, 0.4) is 0 Å².